The van der Waals surface area contributed by atoms with Crippen LogP contribution >= 0.6 is 11.6 Å². The highest BCUT2D eigenvalue weighted by molar-refractivity contribution is 6.31. The van der Waals surface area contributed by atoms with Crippen LogP contribution in [0.4, 0.5) is 19.3 Å². The number of hydrogen-bond acceptors (Lipinski definition) is 4. The lowest BCUT2D eigenvalue weighted by Crippen LogP contribution is -2.26. The lowest BCUT2D eigenvalue weighted by atomic mass is 10.1. The highest BCUT2D eigenvalue weighted by Crippen LogP contribution is 2.49. The number of halogens is 3. The van der Waals surface area contributed by atoms with Crippen molar-refractivity contribution in [2.45, 2.75) is 38.7 Å². The molecule has 1 aliphatic rings. The number of alkyl halides is 2. The third kappa shape index (κ3) is 6.14. The van der Waals surface area contributed by atoms with Crippen molar-refractivity contribution in [3.63, 3.8) is 0 Å². The first kappa shape index (κ1) is 25.2. The first-order valence-corrected chi connectivity index (χ1v) is 11.1. The second kappa shape index (κ2) is 10.7. The summed E-state index contributed by atoms with van der Waals surface area (Å²) in [6.45, 7) is 7.11. The highest BCUT2D eigenvalue weighted by Gasteiger charge is 2.61. The zero-order chi connectivity index (χ0) is 24.9. The number of allylic oxidation sites excluding steroid dienone is 1. The summed E-state index contributed by atoms with van der Waals surface area (Å²) in [6.07, 6.45) is -0.0993. The van der Waals surface area contributed by atoms with Gasteiger partial charge >= 0.3 is 6.09 Å². The van der Waals surface area contributed by atoms with Gasteiger partial charge in [-0.05, 0) is 43.7 Å². The van der Waals surface area contributed by atoms with Crippen LogP contribution in [0.5, 0.6) is 0 Å². The van der Waals surface area contributed by atoms with Crippen LogP contribution in [0.25, 0.3) is 5.76 Å². The van der Waals surface area contributed by atoms with Crippen molar-refractivity contribution in [2.75, 3.05) is 5.32 Å². The molecule has 1 saturated carbocycles. The highest BCUT2D eigenvalue weighted by atomic mass is 35.5. The van der Waals surface area contributed by atoms with E-state index >= 15 is 0 Å². The molecule has 180 valence electrons. The van der Waals surface area contributed by atoms with E-state index in [1.807, 2.05) is 6.92 Å². The largest absolute Gasteiger partial charge is 0.463 e. The maximum absolute atomic E-state index is 13.1. The minimum Gasteiger partial charge on any atom is -0.463 e. The predicted molar refractivity (Wildman–Crippen MR) is 126 cm³/mol. The van der Waals surface area contributed by atoms with Crippen molar-refractivity contribution in [2.24, 2.45) is 5.92 Å². The Hall–Kier alpha value is -3.39. The first-order valence-electron chi connectivity index (χ1n) is 10.7. The molecule has 0 bridgehead atoms. The van der Waals surface area contributed by atoms with Crippen LogP contribution in [0.2, 0.25) is 5.02 Å². The van der Waals surface area contributed by atoms with Gasteiger partial charge in [-0.3, -0.25) is 10.1 Å². The zero-order valence-corrected chi connectivity index (χ0v) is 19.5. The molecule has 2 unspecified atom stereocenters. The van der Waals surface area contributed by atoms with Crippen molar-refractivity contribution < 1.29 is 27.8 Å². The van der Waals surface area contributed by atoms with Gasteiger partial charge in [-0.15, -0.1) is 0 Å². The molecule has 2 aromatic carbocycles. The molecule has 0 aromatic heterocycles. The molecule has 1 aliphatic carbocycles. The summed E-state index contributed by atoms with van der Waals surface area (Å²) in [5.41, 5.74) is 2.05. The summed E-state index contributed by atoms with van der Waals surface area (Å²) >= 11 is 6.17. The molecule has 0 heterocycles. The fourth-order valence-corrected chi connectivity index (χ4v) is 3.61. The number of alkyl carbamates (subject to hydrolysis) is 1. The monoisotopic (exact) mass is 490 g/mol. The van der Waals surface area contributed by atoms with E-state index < -0.39 is 36.4 Å². The second-order valence-corrected chi connectivity index (χ2v) is 8.13. The van der Waals surface area contributed by atoms with Gasteiger partial charge in [-0.1, -0.05) is 43.3 Å². The van der Waals surface area contributed by atoms with Gasteiger partial charge in [0.25, 0.3) is 5.92 Å². The lowest BCUT2D eigenvalue weighted by molar-refractivity contribution is -0.119. The topological polar surface area (TPSA) is 76.7 Å². The van der Waals surface area contributed by atoms with Crippen LogP contribution in [-0.2, 0) is 14.3 Å². The number of amides is 2. The fourth-order valence-electron chi connectivity index (χ4n) is 3.32. The van der Waals surface area contributed by atoms with E-state index in [0.29, 0.717) is 39.7 Å². The minimum atomic E-state index is -2.93. The third-order valence-corrected chi connectivity index (χ3v) is 5.61. The summed E-state index contributed by atoms with van der Waals surface area (Å²) in [5, 5.41) is 5.67. The summed E-state index contributed by atoms with van der Waals surface area (Å²) in [4.78, 5) is 24.4. The number of carbonyl (C=O) groups is 2. The van der Waals surface area contributed by atoms with Gasteiger partial charge in [0, 0.05) is 28.3 Å². The summed E-state index contributed by atoms with van der Waals surface area (Å²) in [5.74, 6) is -4.62. The van der Waals surface area contributed by atoms with Gasteiger partial charge in [0.05, 0.1) is 12.0 Å². The van der Waals surface area contributed by atoms with Crippen LogP contribution < -0.4 is 10.6 Å². The van der Waals surface area contributed by atoms with E-state index in [9.17, 15) is 18.4 Å². The lowest BCUT2D eigenvalue weighted by Gasteiger charge is -2.18. The average molecular weight is 491 g/mol. The van der Waals surface area contributed by atoms with Crippen molar-refractivity contribution >= 4 is 35.0 Å². The molecule has 1 fully saturated rings. The number of carbonyl (C=O) groups excluding carboxylic acids is 2. The standard InChI is InChI=1S/C25H25ClF2N2O4/c1-4-21(30-24(32)34-15(3)18-8-6-7-9-20(18)26)22(33-5-2)16-10-12-17(13-11-16)29-23(31)19-14-25(19,27)28/h5-13,15,19H,2,4,14H2,1,3H3,(H,29,31)(H,30,32)/b22-21+. The van der Waals surface area contributed by atoms with Crippen LogP contribution in [0.3, 0.4) is 0 Å². The van der Waals surface area contributed by atoms with Crippen molar-refractivity contribution in [1.29, 1.82) is 0 Å². The Morgan fingerprint density at radius 2 is 1.88 bits per heavy atom. The van der Waals surface area contributed by atoms with E-state index in [2.05, 4.69) is 17.2 Å². The minimum absolute atomic E-state index is 0.325. The number of rotatable bonds is 9. The van der Waals surface area contributed by atoms with E-state index in [1.54, 1.807) is 55.5 Å². The molecule has 3 rings (SSSR count). The maximum atomic E-state index is 13.1. The smallest absolute Gasteiger partial charge is 0.412 e. The molecular weight excluding hydrogens is 466 g/mol. The summed E-state index contributed by atoms with van der Waals surface area (Å²) in [7, 11) is 0. The molecule has 0 radical (unpaired) electrons. The van der Waals surface area contributed by atoms with Gasteiger partial charge in [0.2, 0.25) is 5.91 Å². The van der Waals surface area contributed by atoms with Gasteiger partial charge in [0.15, 0.2) is 5.76 Å². The van der Waals surface area contributed by atoms with Gasteiger partial charge in [0.1, 0.15) is 12.0 Å². The summed E-state index contributed by atoms with van der Waals surface area (Å²) in [6, 6.07) is 13.5. The number of anilines is 1. The molecule has 0 saturated heterocycles. The molecular formula is C25H25ClF2N2O4. The Kier molecular flexibility index (Phi) is 7.94. The first-order chi connectivity index (χ1) is 16.2. The Bertz CT molecular complexity index is 1100. The van der Waals surface area contributed by atoms with Crippen LogP contribution in [0.1, 0.15) is 43.9 Å². The van der Waals surface area contributed by atoms with Gasteiger partial charge < -0.3 is 14.8 Å². The van der Waals surface area contributed by atoms with E-state index in [1.165, 1.54) is 6.26 Å². The Labute approximate surface area is 201 Å². The van der Waals surface area contributed by atoms with E-state index in [-0.39, 0.29) is 0 Å². The molecule has 0 aliphatic heterocycles. The van der Waals surface area contributed by atoms with Gasteiger partial charge in [-0.2, -0.15) is 0 Å². The van der Waals surface area contributed by atoms with Crippen LogP contribution in [-0.4, -0.2) is 17.9 Å². The molecule has 6 nitrogen and oxygen atoms in total. The molecule has 34 heavy (non-hydrogen) atoms. The van der Waals surface area contributed by atoms with E-state index in [4.69, 9.17) is 21.1 Å². The number of benzene rings is 2. The molecule has 2 N–H and O–H groups in total. The Morgan fingerprint density at radius 1 is 1.24 bits per heavy atom. The second-order valence-electron chi connectivity index (χ2n) is 7.72. The van der Waals surface area contributed by atoms with Gasteiger partial charge in [-0.25, -0.2) is 13.6 Å². The number of nitrogens with one attached hydrogen (secondary N) is 2. The van der Waals surface area contributed by atoms with Crippen molar-refractivity contribution in [3.8, 4) is 0 Å². The molecule has 9 heteroatoms. The predicted octanol–water partition coefficient (Wildman–Crippen LogP) is 6.66. The number of ether oxygens (including phenoxy) is 2. The third-order valence-electron chi connectivity index (χ3n) is 5.27. The van der Waals surface area contributed by atoms with Crippen molar-refractivity contribution in [1.82, 2.24) is 5.32 Å². The molecule has 2 atom stereocenters. The molecule has 0 spiro atoms. The SMILES string of the molecule is C=CO/C(=C(\CC)NC(=O)OC(C)c1ccccc1Cl)c1ccc(NC(=O)C2CC2(F)F)cc1. The summed E-state index contributed by atoms with van der Waals surface area (Å²) < 4.78 is 37.2. The zero-order valence-electron chi connectivity index (χ0n) is 18.7. The maximum Gasteiger partial charge on any atom is 0.412 e. The average Bonchev–Trinajstić information content (AvgIpc) is 3.45. The van der Waals surface area contributed by atoms with Crippen molar-refractivity contribution in [3.05, 3.63) is 83.2 Å². The Morgan fingerprint density at radius 3 is 2.44 bits per heavy atom. The molecule has 2 amide bonds. The van der Waals surface area contributed by atoms with E-state index in [0.717, 1.165) is 0 Å². The number of hydrogen-bond donors (Lipinski definition) is 2. The Balaban J connectivity index is 1.72. The van der Waals surface area contributed by atoms with Crippen LogP contribution in [0.15, 0.2) is 67.1 Å². The van der Waals surface area contributed by atoms with Crippen LogP contribution in [0, 0.1) is 5.92 Å². The quantitative estimate of drug-likeness (QED) is 0.385. The fraction of sp³-hybridized carbons (Fsp3) is 0.280. The molecule has 2 aromatic rings. The normalized spacial score (nSPS) is 17.6.